The summed E-state index contributed by atoms with van der Waals surface area (Å²) in [6, 6.07) is 4.87. The van der Waals surface area contributed by atoms with Gasteiger partial charge in [-0.2, -0.15) is 0 Å². The number of amides is 1. The molecule has 25 heavy (non-hydrogen) atoms. The van der Waals surface area contributed by atoms with Crippen molar-refractivity contribution in [2.24, 2.45) is 0 Å². The predicted molar refractivity (Wildman–Crippen MR) is 94.6 cm³/mol. The average molecular weight is 382 g/mol. The van der Waals surface area contributed by atoms with Crippen LogP contribution in [0.1, 0.15) is 23.2 Å². The van der Waals surface area contributed by atoms with E-state index in [0.29, 0.717) is 40.5 Å². The zero-order chi connectivity index (χ0) is 17.8. The summed E-state index contributed by atoms with van der Waals surface area (Å²) in [4.78, 5) is 22.7. The molecule has 8 heteroatoms. The van der Waals surface area contributed by atoms with E-state index in [9.17, 15) is 4.79 Å². The fraction of sp³-hybridized carbons (Fsp3) is 0.353. The van der Waals surface area contributed by atoms with Crippen molar-refractivity contribution in [2.75, 3.05) is 20.2 Å². The van der Waals surface area contributed by atoms with Crippen molar-refractivity contribution in [2.45, 2.75) is 18.9 Å². The fourth-order valence-electron chi connectivity index (χ4n) is 2.74. The molecule has 6 nitrogen and oxygen atoms in total. The van der Waals surface area contributed by atoms with Gasteiger partial charge in [0.15, 0.2) is 0 Å². The SMILES string of the molecule is COc1nccnc1OC1CCCN(C(=O)c2cc(Cl)ccc2Cl)C1. The molecule has 1 amide bonds. The maximum Gasteiger partial charge on any atom is 0.278 e. The smallest absolute Gasteiger partial charge is 0.278 e. The minimum atomic E-state index is -0.193. The van der Waals surface area contributed by atoms with E-state index in [4.69, 9.17) is 32.7 Å². The van der Waals surface area contributed by atoms with Crippen LogP contribution in [0.4, 0.5) is 0 Å². The lowest BCUT2D eigenvalue weighted by Gasteiger charge is -2.33. The number of halogens is 2. The number of piperidine rings is 1. The highest BCUT2D eigenvalue weighted by atomic mass is 35.5. The average Bonchev–Trinajstić information content (AvgIpc) is 2.64. The van der Waals surface area contributed by atoms with Gasteiger partial charge in [0.25, 0.3) is 17.7 Å². The van der Waals surface area contributed by atoms with E-state index >= 15 is 0 Å². The Morgan fingerprint density at radius 3 is 2.76 bits per heavy atom. The van der Waals surface area contributed by atoms with Gasteiger partial charge in [-0.05, 0) is 31.0 Å². The van der Waals surface area contributed by atoms with Gasteiger partial charge >= 0.3 is 0 Å². The molecule has 0 aliphatic carbocycles. The quantitative estimate of drug-likeness (QED) is 0.810. The first-order valence-electron chi connectivity index (χ1n) is 7.84. The Morgan fingerprint density at radius 1 is 1.24 bits per heavy atom. The van der Waals surface area contributed by atoms with Gasteiger partial charge < -0.3 is 14.4 Å². The molecule has 0 N–H and O–H groups in total. The molecular formula is C17H17Cl2N3O3. The van der Waals surface area contributed by atoms with Gasteiger partial charge in [0.05, 0.1) is 24.2 Å². The number of likely N-dealkylation sites (tertiary alicyclic amines) is 1. The van der Waals surface area contributed by atoms with Gasteiger partial charge in [0.2, 0.25) is 0 Å². The predicted octanol–water partition coefficient (Wildman–Crippen LogP) is 3.48. The molecule has 1 fully saturated rings. The summed E-state index contributed by atoms with van der Waals surface area (Å²) in [5.74, 6) is 0.487. The van der Waals surface area contributed by atoms with Crippen LogP contribution in [0, 0.1) is 0 Å². The Balaban J connectivity index is 1.72. The number of hydrogen-bond donors (Lipinski definition) is 0. The summed E-state index contributed by atoms with van der Waals surface area (Å²) >= 11 is 12.1. The van der Waals surface area contributed by atoms with Crippen LogP contribution in [-0.2, 0) is 0 Å². The van der Waals surface area contributed by atoms with Crippen molar-refractivity contribution in [1.29, 1.82) is 0 Å². The van der Waals surface area contributed by atoms with Gasteiger partial charge in [-0.15, -0.1) is 0 Å². The van der Waals surface area contributed by atoms with Crippen LogP contribution in [0.5, 0.6) is 11.8 Å². The van der Waals surface area contributed by atoms with Gasteiger partial charge in [-0.25, -0.2) is 9.97 Å². The van der Waals surface area contributed by atoms with Gasteiger partial charge in [0, 0.05) is 24.0 Å². The molecule has 0 radical (unpaired) electrons. The summed E-state index contributed by atoms with van der Waals surface area (Å²) < 4.78 is 11.0. The van der Waals surface area contributed by atoms with Crippen LogP contribution in [0.25, 0.3) is 0 Å². The van der Waals surface area contributed by atoms with E-state index in [1.165, 1.54) is 19.5 Å². The minimum absolute atomic E-state index is 0.160. The first-order valence-corrected chi connectivity index (χ1v) is 8.60. The zero-order valence-electron chi connectivity index (χ0n) is 13.6. The molecule has 0 bridgehead atoms. The second-order valence-corrected chi connectivity index (χ2v) is 6.47. The van der Waals surface area contributed by atoms with Crippen LogP contribution in [-0.4, -0.2) is 47.1 Å². The lowest BCUT2D eigenvalue weighted by atomic mass is 10.1. The Bertz CT molecular complexity index is 773. The normalized spacial score (nSPS) is 17.2. The molecule has 1 aromatic heterocycles. The molecule has 1 aromatic carbocycles. The van der Waals surface area contributed by atoms with Crippen LogP contribution in [0.3, 0.4) is 0 Å². The maximum atomic E-state index is 12.8. The number of methoxy groups -OCH3 is 1. The van der Waals surface area contributed by atoms with Gasteiger partial charge in [-0.1, -0.05) is 23.2 Å². The van der Waals surface area contributed by atoms with Crippen molar-refractivity contribution in [3.63, 3.8) is 0 Å². The number of aromatic nitrogens is 2. The number of carbonyl (C=O) groups excluding carboxylic acids is 1. The number of benzene rings is 1. The maximum absolute atomic E-state index is 12.8. The summed E-state index contributed by atoms with van der Waals surface area (Å²) in [7, 11) is 1.51. The lowest BCUT2D eigenvalue weighted by Crippen LogP contribution is -2.44. The van der Waals surface area contributed by atoms with E-state index in [2.05, 4.69) is 9.97 Å². The van der Waals surface area contributed by atoms with E-state index in [-0.39, 0.29) is 12.0 Å². The topological polar surface area (TPSA) is 64.6 Å². The highest BCUT2D eigenvalue weighted by Crippen LogP contribution is 2.26. The largest absolute Gasteiger partial charge is 0.477 e. The number of ether oxygens (including phenoxy) is 2. The molecule has 0 saturated carbocycles. The molecule has 132 valence electrons. The molecule has 1 saturated heterocycles. The van der Waals surface area contributed by atoms with Gasteiger partial charge in [-0.3, -0.25) is 4.79 Å². The van der Waals surface area contributed by atoms with E-state index < -0.39 is 0 Å². The highest BCUT2D eigenvalue weighted by molar-refractivity contribution is 6.35. The third kappa shape index (κ3) is 4.14. The highest BCUT2D eigenvalue weighted by Gasteiger charge is 2.28. The second kappa shape index (κ2) is 7.89. The fourth-order valence-corrected chi connectivity index (χ4v) is 3.11. The summed E-state index contributed by atoms with van der Waals surface area (Å²) in [6.07, 6.45) is 4.50. The van der Waals surface area contributed by atoms with Crippen molar-refractivity contribution < 1.29 is 14.3 Å². The molecule has 3 rings (SSSR count). The van der Waals surface area contributed by atoms with Crippen molar-refractivity contribution in [1.82, 2.24) is 14.9 Å². The molecule has 1 aliphatic rings. The van der Waals surface area contributed by atoms with Gasteiger partial charge in [0.1, 0.15) is 6.10 Å². The molecule has 1 aliphatic heterocycles. The minimum Gasteiger partial charge on any atom is -0.477 e. The monoisotopic (exact) mass is 381 g/mol. The summed E-state index contributed by atoms with van der Waals surface area (Å²) in [5, 5.41) is 0.856. The van der Waals surface area contributed by atoms with E-state index in [1.54, 1.807) is 23.1 Å². The van der Waals surface area contributed by atoms with Crippen molar-refractivity contribution in [3.8, 4) is 11.8 Å². The number of rotatable bonds is 4. The van der Waals surface area contributed by atoms with Crippen molar-refractivity contribution >= 4 is 29.1 Å². The lowest BCUT2D eigenvalue weighted by molar-refractivity contribution is 0.0519. The Morgan fingerprint density at radius 2 is 2.00 bits per heavy atom. The Kier molecular flexibility index (Phi) is 5.60. The Hall–Kier alpha value is -2.05. The second-order valence-electron chi connectivity index (χ2n) is 5.63. The molecule has 1 atom stereocenters. The molecular weight excluding hydrogens is 365 g/mol. The zero-order valence-corrected chi connectivity index (χ0v) is 15.1. The number of hydrogen-bond acceptors (Lipinski definition) is 5. The van der Waals surface area contributed by atoms with Crippen LogP contribution in [0.15, 0.2) is 30.6 Å². The van der Waals surface area contributed by atoms with E-state index in [1.807, 2.05) is 0 Å². The van der Waals surface area contributed by atoms with Crippen LogP contribution < -0.4 is 9.47 Å². The molecule has 0 spiro atoms. The van der Waals surface area contributed by atoms with Crippen LogP contribution >= 0.6 is 23.2 Å². The third-order valence-electron chi connectivity index (χ3n) is 3.93. The summed E-state index contributed by atoms with van der Waals surface area (Å²) in [5.41, 5.74) is 0.395. The first kappa shape index (κ1) is 17.8. The standard InChI is InChI=1S/C17H17Cl2N3O3/c1-24-15-16(21-7-6-20-15)25-12-3-2-8-22(10-12)17(23)13-9-11(18)4-5-14(13)19/h4-7,9,12H,2-3,8,10H2,1H3. The number of nitrogens with zero attached hydrogens (tertiary/aromatic N) is 3. The molecule has 1 unspecified atom stereocenters. The van der Waals surface area contributed by atoms with Crippen molar-refractivity contribution in [3.05, 3.63) is 46.2 Å². The Labute approximate surface area is 155 Å². The summed E-state index contributed by atoms with van der Waals surface area (Å²) in [6.45, 7) is 1.07. The third-order valence-corrected chi connectivity index (χ3v) is 4.49. The number of carbonyl (C=O) groups is 1. The molecule has 2 heterocycles. The van der Waals surface area contributed by atoms with Crippen LogP contribution in [0.2, 0.25) is 10.0 Å². The van der Waals surface area contributed by atoms with E-state index in [0.717, 1.165) is 12.8 Å². The first-order chi connectivity index (χ1) is 12.1. The molecule has 2 aromatic rings.